The van der Waals surface area contributed by atoms with E-state index in [2.05, 4.69) is 54.0 Å². The molecule has 3 aromatic rings. The molecule has 0 spiro atoms. The summed E-state index contributed by atoms with van der Waals surface area (Å²) in [4.78, 5) is 0. The minimum atomic E-state index is 0.308. The molecule has 126 valence electrons. The first-order chi connectivity index (χ1) is 11.8. The van der Waals surface area contributed by atoms with E-state index in [9.17, 15) is 0 Å². The first-order valence-corrected chi connectivity index (χ1v) is 9.53. The lowest BCUT2D eigenvalue weighted by atomic mass is 9.82. The summed E-state index contributed by atoms with van der Waals surface area (Å²) >= 11 is 0. The second kappa shape index (κ2) is 6.60. The summed E-state index contributed by atoms with van der Waals surface area (Å²) in [5.74, 6) is 0.714. The minimum absolute atomic E-state index is 0.308. The smallest absolute Gasteiger partial charge is 0.0491 e. The summed E-state index contributed by atoms with van der Waals surface area (Å²) in [6, 6.07) is 16.0. The van der Waals surface area contributed by atoms with E-state index in [1.54, 1.807) is 0 Å². The van der Waals surface area contributed by atoms with E-state index >= 15 is 0 Å². The molecule has 1 aromatic heterocycles. The third-order valence-electron chi connectivity index (χ3n) is 5.88. The van der Waals surface area contributed by atoms with Crippen molar-refractivity contribution in [1.29, 1.82) is 0 Å². The van der Waals surface area contributed by atoms with Crippen LogP contribution < -0.4 is 5.73 Å². The first-order valence-electron chi connectivity index (χ1n) is 9.53. The fraction of sp³-hybridized carbons (Fsp3) is 0.455. The molecule has 0 amide bonds. The highest BCUT2D eigenvalue weighted by molar-refractivity contribution is 6.08. The van der Waals surface area contributed by atoms with E-state index in [0.29, 0.717) is 12.0 Å². The molecule has 1 aliphatic carbocycles. The molecule has 4 rings (SSSR count). The molecule has 2 aromatic carbocycles. The fourth-order valence-electron chi connectivity index (χ4n) is 4.57. The van der Waals surface area contributed by atoms with Gasteiger partial charge < -0.3 is 10.3 Å². The summed E-state index contributed by atoms with van der Waals surface area (Å²) in [5, 5.41) is 2.74. The Balaban J connectivity index is 1.69. The predicted octanol–water partition coefficient (Wildman–Crippen LogP) is 5.26. The molecule has 1 aliphatic rings. The van der Waals surface area contributed by atoms with Crippen LogP contribution in [0.3, 0.4) is 0 Å². The third kappa shape index (κ3) is 2.73. The van der Waals surface area contributed by atoms with Crippen LogP contribution in [0.25, 0.3) is 21.8 Å². The molecule has 1 unspecified atom stereocenters. The van der Waals surface area contributed by atoms with Gasteiger partial charge in [0.2, 0.25) is 0 Å². The van der Waals surface area contributed by atoms with E-state index < -0.39 is 0 Å². The summed E-state index contributed by atoms with van der Waals surface area (Å²) in [5.41, 5.74) is 10.6. The highest BCUT2D eigenvalue weighted by Crippen LogP contribution is 2.31. The Morgan fingerprint density at radius 2 is 1.75 bits per heavy atom. The van der Waals surface area contributed by atoms with Crippen molar-refractivity contribution in [1.82, 2.24) is 4.57 Å². The van der Waals surface area contributed by atoms with Gasteiger partial charge in [-0.05, 0) is 55.9 Å². The van der Waals surface area contributed by atoms with Gasteiger partial charge in [0.05, 0.1) is 0 Å². The van der Waals surface area contributed by atoms with E-state index in [1.165, 1.54) is 59.5 Å². The van der Waals surface area contributed by atoms with E-state index in [1.807, 2.05) is 0 Å². The van der Waals surface area contributed by atoms with Crippen LogP contribution in [0.4, 0.5) is 0 Å². The summed E-state index contributed by atoms with van der Waals surface area (Å²) in [6.07, 6.45) is 7.76. The predicted molar refractivity (Wildman–Crippen MR) is 103 cm³/mol. The Morgan fingerprint density at radius 3 is 2.54 bits per heavy atom. The molecular weight excluding hydrogens is 292 g/mol. The van der Waals surface area contributed by atoms with Crippen LogP contribution in [0.5, 0.6) is 0 Å². The lowest BCUT2D eigenvalue weighted by molar-refractivity contribution is 0.303. The Labute approximate surface area is 144 Å². The summed E-state index contributed by atoms with van der Waals surface area (Å²) in [6.45, 7) is 3.23. The normalized spacial score (nSPS) is 17.6. The number of rotatable bonds is 4. The number of nitrogens with two attached hydrogens (primary N) is 1. The van der Waals surface area contributed by atoms with Crippen molar-refractivity contribution in [2.24, 2.45) is 11.7 Å². The Kier molecular flexibility index (Phi) is 4.32. The molecule has 2 N–H and O–H groups in total. The van der Waals surface area contributed by atoms with Gasteiger partial charge in [0.25, 0.3) is 0 Å². The van der Waals surface area contributed by atoms with Gasteiger partial charge in [0.15, 0.2) is 0 Å². The molecule has 2 nitrogen and oxygen atoms in total. The molecule has 24 heavy (non-hydrogen) atoms. The zero-order chi connectivity index (χ0) is 16.5. The average molecular weight is 320 g/mol. The number of hydrogen-bond acceptors (Lipinski definition) is 1. The number of aromatic nitrogens is 1. The number of benzene rings is 2. The van der Waals surface area contributed by atoms with E-state index in [-0.39, 0.29) is 0 Å². The third-order valence-corrected chi connectivity index (χ3v) is 5.88. The van der Waals surface area contributed by atoms with Gasteiger partial charge in [-0.15, -0.1) is 0 Å². The molecule has 1 atom stereocenters. The largest absolute Gasteiger partial charge is 0.341 e. The van der Waals surface area contributed by atoms with Crippen LogP contribution in [0.1, 0.15) is 44.6 Å². The van der Waals surface area contributed by atoms with Crippen molar-refractivity contribution in [2.75, 3.05) is 0 Å². The second-order valence-corrected chi connectivity index (χ2v) is 7.38. The molecule has 2 heteroatoms. The lowest BCUT2D eigenvalue weighted by Gasteiger charge is -2.27. The molecule has 0 saturated heterocycles. The highest BCUT2D eigenvalue weighted by atomic mass is 15.0. The summed E-state index contributed by atoms with van der Waals surface area (Å²) < 4.78 is 2.41. The van der Waals surface area contributed by atoms with Crippen molar-refractivity contribution >= 4 is 21.8 Å². The van der Waals surface area contributed by atoms with Gasteiger partial charge in [0, 0.05) is 34.4 Å². The molecule has 0 bridgehead atoms. The molecular formula is C22H28N2. The van der Waals surface area contributed by atoms with Crippen molar-refractivity contribution in [3.63, 3.8) is 0 Å². The molecule has 1 saturated carbocycles. The number of nitrogens with zero attached hydrogens (tertiary/aromatic N) is 1. The van der Waals surface area contributed by atoms with Crippen LogP contribution >= 0.6 is 0 Å². The van der Waals surface area contributed by atoms with Crippen LogP contribution in [-0.2, 0) is 13.0 Å². The van der Waals surface area contributed by atoms with Crippen molar-refractivity contribution in [2.45, 2.75) is 58.0 Å². The zero-order valence-corrected chi connectivity index (χ0v) is 14.7. The Morgan fingerprint density at radius 1 is 1.00 bits per heavy atom. The van der Waals surface area contributed by atoms with E-state index in [4.69, 9.17) is 5.73 Å². The van der Waals surface area contributed by atoms with Crippen LogP contribution in [-0.4, -0.2) is 10.6 Å². The molecule has 1 fully saturated rings. The maximum Gasteiger partial charge on any atom is 0.0491 e. The lowest BCUT2D eigenvalue weighted by Crippen LogP contribution is -2.33. The maximum absolute atomic E-state index is 6.56. The van der Waals surface area contributed by atoms with Gasteiger partial charge in [0.1, 0.15) is 0 Å². The minimum Gasteiger partial charge on any atom is -0.341 e. The van der Waals surface area contributed by atoms with Gasteiger partial charge >= 0.3 is 0 Å². The van der Waals surface area contributed by atoms with Gasteiger partial charge in [-0.1, -0.05) is 43.5 Å². The Hall–Kier alpha value is -1.80. The molecule has 0 radical (unpaired) electrons. The SMILES string of the molecule is CCn1c2ccccc2c2cc(CC(N)C3CCCCC3)ccc21. The van der Waals surface area contributed by atoms with Crippen molar-refractivity contribution < 1.29 is 0 Å². The van der Waals surface area contributed by atoms with Gasteiger partial charge in [-0.3, -0.25) is 0 Å². The van der Waals surface area contributed by atoms with E-state index in [0.717, 1.165) is 13.0 Å². The van der Waals surface area contributed by atoms with Gasteiger partial charge in [-0.2, -0.15) is 0 Å². The monoisotopic (exact) mass is 320 g/mol. The van der Waals surface area contributed by atoms with Crippen LogP contribution in [0.2, 0.25) is 0 Å². The number of para-hydroxylation sites is 1. The first kappa shape index (κ1) is 15.7. The standard InChI is InChI=1S/C22H28N2/c1-2-24-21-11-7-6-10-18(21)19-14-16(12-13-22(19)24)15-20(23)17-8-4-3-5-9-17/h6-7,10-14,17,20H,2-5,8-9,15,23H2,1H3. The van der Waals surface area contributed by atoms with Crippen LogP contribution in [0, 0.1) is 5.92 Å². The average Bonchev–Trinajstić information content (AvgIpc) is 2.95. The maximum atomic E-state index is 6.56. The zero-order valence-electron chi connectivity index (χ0n) is 14.7. The van der Waals surface area contributed by atoms with Crippen molar-refractivity contribution in [3.05, 3.63) is 48.0 Å². The number of hydrogen-bond donors (Lipinski definition) is 1. The van der Waals surface area contributed by atoms with Crippen molar-refractivity contribution in [3.8, 4) is 0 Å². The Bertz CT molecular complexity index is 840. The number of fused-ring (bicyclic) bond motifs is 3. The molecule has 0 aliphatic heterocycles. The quantitative estimate of drug-likeness (QED) is 0.698. The highest BCUT2D eigenvalue weighted by Gasteiger charge is 2.21. The molecule has 1 heterocycles. The fourth-order valence-corrected chi connectivity index (χ4v) is 4.57. The summed E-state index contributed by atoms with van der Waals surface area (Å²) in [7, 11) is 0. The topological polar surface area (TPSA) is 30.9 Å². The number of aryl methyl sites for hydroxylation is 1. The second-order valence-electron chi connectivity index (χ2n) is 7.38. The van der Waals surface area contributed by atoms with Gasteiger partial charge in [-0.25, -0.2) is 0 Å². The van der Waals surface area contributed by atoms with Crippen LogP contribution in [0.15, 0.2) is 42.5 Å².